The van der Waals surface area contributed by atoms with Crippen molar-refractivity contribution in [3.63, 3.8) is 0 Å². The van der Waals surface area contributed by atoms with Gasteiger partial charge in [-0.1, -0.05) is 11.6 Å². The first-order valence-electron chi connectivity index (χ1n) is 5.31. The number of hydrogen-bond acceptors (Lipinski definition) is 3. The van der Waals surface area contributed by atoms with Crippen LogP contribution in [0.4, 0.5) is 5.69 Å². The fraction of sp³-hybridized carbons (Fsp3) is 0.167. The average Bonchev–Trinajstić information content (AvgIpc) is 2.69. The van der Waals surface area contributed by atoms with Crippen LogP contribution in [0, 0.1) is 12.3 Å². The van der Waals surface area contributed by atoms with Crippen molar-refractivity contribution in [3.8, 4) is 0 Å². The molecule has 0 atom stereocenters. The van der Waals surface area contributed by atoms with E-state index >= 15 is 0 Å². The Bertz CT molecular complexity index is 632. The van der Waals surface area contributed by atoms with Crippen LogP contribution in [0.15, 0.2) is 29.8 Å². The number of carbonyl (C=O) groups is 1. The van der Waals surface area contributed by atoms with Gasteiger partial charge < -0.3 is 9.88 Å². The normalized spacial score (nSPS) is 10.3. The number of nitrogens with one attached hydrogen (secondary N) is 2. The molecule has 0 aliphatic carbocycles. The second-order valence-corrected chi connectivity index (χ2v) is 5.17. The maximum Gasteiger partial charge on any atom is 0.244 e. The van der Waals surface area contributed by atoms with Gasteiger partial charge in [0.25, 0.3) is 0 Å². The van der Waals surface area contributed by atoms with Crippen LogP contribution in [0.2, 0.25) is 5.02 Å². The molecule has 2 aromatic rings. The highest BCUT2D eigenvalue weighted by Gasteiger charge is 2.06. The summed E-state index contributed by atoms with van der Waals surface area (Å²) in [6, 6.07) is 5.30. The van der Waals surface area contributed by atoms with Gasteiger partial charge in [0.2, 0.25) is 5.91 Å². The molecule has 2 N–H and O–H groups in total. The lowest BCUT2D eigenvalue weighted by atomic mass is 10.2. The molecule has 0 aliphatic rings. The van der Waals surface area contributed by atoms with E-state index in [2.05, 4.69) is 5.32 Å². The number of rotatable bonds is 3. The molecule has 94 valence electrons. The third-order valence-corrected chi connectivity index (χ3v) is 3.41. The summed E-state index contributed by atoms with van der Waals surface area (Å²) in [4.78, 5) is 12.2. The van der Waals surface area contributed by atoms with E-state index in [1.165, 1.54) is 11.3 Å². The standard InChI is InChI=1S/C12H12ClN3OS/c1-8-6-9(13)2-3-10(8)15-11(17)7-16-4-5-18-12(16)14/h2-6,14H,7H2,1H3,(H,15,17). The highest BCUT2D eigenvalue weighted by molar-refractivity contribution is 7.06. The number of aromatic nitrogens is 1. The topological polar surface area (TPSA) is 57.9 Å². The highest BCUT2D eigenvalue weighted by atomic mass is 35.5. The SMILES string of the molecule is Cc1cc(Cl)ccc1NC(=O)Cn1ccsc1=N. The summed E-state index contributed by atoms with van der Waals surface area (Å²) in [7, 11) is 0. The molecule has 1 aromatic carbocycles. The number of hydrogen-bond donors (Lipinski definition) is 2. The Balaban J connectivity index is 2.08. The maximum absolute atomic E-state index is 11.8. The summed E-state index contributed by atoms with van der Waals surface area (Å²) < 4.78 is 1.59. The lowest BCUT2D eigenvalue weighted by molar-refractivity contribution is -0.116. The predicted molar refractivity (Wildman–Crippen MR) is 73.0 cm³/mol. The van der Waals surface area contributed by atoms with Crippen molar-refractivity contribution >= 4 is 34.5 Å². The molecular formula is C12H12ClN3OS. The molecule has 0 unspecified atom stereocenters. The number of carbonyl (C=O) groups excluding carboxylic acids is 1. The molecule has 0 radical (unpaired) electrons. The van der Waals surface area contributed by atoms with E-state index in [9.17, 15) is 4.79 Å². The molecule has 1 amide bonds. The van der Waals surface area contributed by atoms with Crippen LogP contribution in [-0.4, -0.2) is 10.5 Å². The summed E-state index contributed by atoms with van der Waals surface area (Å²) >= 11 is 7.14. The monoisotopic (exact) mass is 281 g/mol. The van der Waals surface area contributed by atoms with Gasteiger partial charge in [-0.2, -0.15) is 0 Å². The first-order chi connectivity index (χ1) is 8.56. The van der Waals surface area contributed by atoms with Crippen LogP contribution in [0.3, 0.4) is 0 Å². The molecule has 1 aromatic heterocycles. The number of aryl methyl sites for hydroxylation is 1. The van der Waals surface area contributed by atoms with Gasteiger partial charge in [0, 0.05) is 22.3 Å². The first-order valence-corrected chi connectivity index (χ1v) is 6.56. The van der Waals surface area contributed by atoms with E-state index in [0.29, 0.717) is 9.82 Å². The van der Waals surface area contributed by atoms with Gasteiger partial charge in [-0.25, -0.2) is 0 Å². The minimum absolute atomic E-state index is 0.143. The first kappa shape index (κ1) is 12.9. The number of nitrogens with zero attached hydrogens (tertiary/aromatic N) is 1. The number of anilines is 1. The molecule has 0 aliphatic heterocycles. The van der Waals surface area contributed by atoms with Gasteiger partial charge in [0.15, 0.2) is 4.80 Å². The van der Waals surface area contributed by atoms with Gasteiger partial charge in [-0.15, -0.1) is 11.3 Å². The van der Waals surface area contributed by atoms with Crippen LogP contribution in [0.5, 0.6) is 0 Å². The van der Waals surface area contributed by atoms with Crippen molar-refractivity contribution in [1.29, 1.82) is 5.41 Å². The molecule has 2 rings (SSSR count). The molecule has 18 heavy (non-hydrogen) atoms. The molecule has 1 heterocycles. The van der Waals surface area contributed by atoms with Gasteiger partial charge in [0.1, 0.15) is 6.54 Å². The molecule has 4 nitrogen and oxygen atoms in total. The fourth-order valence-corrected chi connectivity index (χ4v) is 2.36. The Morgan fingerprint density at radius 1 is 1.56 bits per heavy atom. The second-order valence-electron chi connectivity index (χ2n) is 3.84. The molecule has 0 saturated carbocycles. The lowest BCUT2D eigenvalue weighted by Gasteiger charge is -2.09. The largest absolute Gasteiger partial charge is 0.324 e. The average molecular weight is 282 g/mol. The molecule has 6 heteroatoms. The van der Waals surface area contributed by atoms with Gasteiger partial charge in [-0.05, 0) is 30.7 Å². The molecule has 0 spiro atoms. The zero-order valence-electron chi connectivity index (χ0n) is 9.74. The Labute approximate surface area is 113 Å². The van der Waals surface area contributed by atoms with Crippen molar-refractivity contribution in [3.05, 3.63) is 45.2 Å². The number of thiazole rings is 1. The van der Waals surface area contributed by atoms with Gasteiger partial charge in [0.05, 0.1) is 0 Å². The molecular weight excluding hydrogens is 270 g/mol. The van der Waals surface area contributed by atoms with Crippen molar-refractivity contribution in [2.24, 2.45) is 0 Å². The number of halogens is 1. The Kier molecular flexibility index (Phi) is 3.84. The van der Waals surface area contributed by atoms with Gasteiger partial charge in [-0.3, -0.25) is 10.2 Å². The van der Waals surface area contributed by atoms with Crippen LogP contribution in [-0.2, 0) is 11.3 Å². The van der Waals surface area contributed by atoms with E-state index in [-0.39, 0.29) is 12.5 Å². The third-order valence-electron chi connectivity index (χ3n) is 2.46. The van der Waals surface area contributed by atoms with Crippen LogP contribution in [0.1, 0.15) is 5.56 Å². The predicted octanol–water partition coefficient (Wildman–Crippen LogP) is 2.63. The smallest absolute Gasteiger partial charge is 0.244 e. The molecule has 0 bridgehead atoms. The van der Waals surface area contributed by atoms with Crippen molar-refractivity contribution < 1.29 is 4.79 Å². The van der Waals surface area contributed by atoms with E-state index in [0.717, 1.165) is 11.3 Å². The zero-order chi connectivity index (χ0) is 13.1. The van der Waals surface area contributed by atoms with E-state index in [1.807, 2.05) is 6.92 Å². The lowest BCUT2D eigenvalue weighted by Crippen LogP contribution is -2.24. The summed E-state index contributed by atoms with van der Waals surface area (Å²) in [6.45, 7) is 2.03. The molecule has 0 saturated heterocycles. The highest BCUT2D eigenvalue weighted by Crippen LogP contribution is 2.19. The Morgan fingerprint density at radius 3 is 2.94 bits per heavy atom. The number of amides is 1. The summed E-state index contributed by atoms with van der Waals surface area (Å²) in [5, 5.41) is 12.8. The van der Waals surface area contributed by atoms with Crippen LogP contribution in [0.25, 0.3) is 0 Å². The van der Waals surface area contributed by atoms with E-state index in [4.69, 9.17) is 17.0 Å². The quantitative estimate of drug-likeness (QED) is 0.893. The Morgan fingerprint density at radius 2 is 2.33 bits per heavy atom. The third kappa shape index (κ3) is 3.00. The second kappa shape index (κ2) is 5.37. The minimum Gasteiger partial charge on any atom is -0.324 e. The van der Waals surface area contributed by atoms with E-state index in [1.54, 1.807) is 34.3 Å². The summed E-state index contributed by atoms with van der Waals surface area (Å²) in [5.41, 5.74) is 1.66. The number of benzene rings is 1. The van der Waals surface area contributed by atoms with Crippen molar-refractivity contribution in [2.45, 2.75) is 13.5 Å². The summed E-state index contributed by atoms with van der Waals surface area (Å²) in [5.74, 6) is -0.155. The van der Waals surface area contributed by atoms with Crippen LogP contribution < -0.4 is 10.1 Å². The fourth-order valence-electron chi connectivity index (χ4n) is 1.54. The zero-order valence-corrected chi connectivity index (χ0v) is 11.3. The van der Waals surface area contributed by atoms with Crippen molar-refractivity contribution in [1.82, 2.24) is 4.57 Å². The van der Waals surface area contributed by atoms with Crippen molar-refractivity contribution in [2.75, 3.05) is 5.32 Å². The van der Waals surface area contributed by atoms with Gasteiger partial charge >= 0.3 is 0 Å². The minimum atomic E-state index is -0.155. The summed E-state index contributed by atoms with van der Waals surface area (Å²) in [6.07, 6.45) is 1.72. The Hall–Kier alpha value is -1.59. The maximum atomic E-state index is 11.8. The van der Waals surface area contributed by atoms with Crippen LogP contribution >= 0.6 is 22.9 Å². The molecule has 0 fully saturated rings. The van der Waals surface area contributed by atoms with E-state index < -0.39 is 0 Å².